The molecule has 0 radical (unpaired) electrons. The van der Waals surface area contributed by atoms with Gasteiger partial charge in [-0.15, -0.1) is 0 Å². The van der Waals surface area contributed by atoms with E-state index in [4.69, 9.17) is 0 Å². The molecule has 4 nitrogen and oxygen atoms in total. The molecule has 1 atom stereocenters. The summed E-state index contributed by atoms with van der Waals surface area (Å²) in [5, 5.41) is 5.59. The Bertz CT molecular complexity index is 403. The lowest BCUT2D eigenvalue weighted by Crippen LogP contribution is -2.40. The molecule has 1 saturated heterocycles. The van der Waals surface area contributed by atoms with Crippen LogP contribution in [0.2, 0.25) is 0 Å². The van der Waals surface area contributed by atoms with E-state index in [0.717, 1.165) is 12.0 Å². The van der Waals surface area contributed by atoms with Crippen molar-refractivity contribution in [1.29, 1.82) is 0 Å². The van der Waals surface area contributed by atoms with Crippen LogP contribution in [-0.4, -0.2) is 18.4 Å². The minimum Gasteiger partial charge on any atom is -0.356 e. The predicted molar refractivity (Wildman–Crippen MR) is 64.0 cm³/mol. The maximum Gasteiger partial charge on any atom is 0.223 e. The lowest BCUT2D eigenvalue weighted by molar-refractivity contribution is -0.132. The summed E-state index contributed by atoms with van der Waals surface area (Å²) in [7, 11) is 0. The normalized spacial score (nSPS) is 19.5. The zero-order valence-electron chi connectivity index (χ0n) is 9.61. The molecule has 0 saturated carbocycles. The third-order valence-electron chi connectivity index (χ3n) is 2.93. The van der Waals surface area contributed by atoms with Gasteiger partial charge in [0.2, 0.25) is 11.8 Å². The van der Waals surface area contributed by atoms with Crippen LogP contribution in [0.4, 0.5) is 0 Å². The summed E-state index contributed by atoms with van der Waals surface area (Å²) >= 11 is 0. The zero-order valence-corrected chi connectivity index (χ0v) is 9.61. The van der Waals surface area contributed by atoms with Crippen LogP contribution in [0.5, 0.6) is 0 Å². The molecular weight excluding hydrogens is 216 g/mol. The highest BCUT2D eigenvalue weighted by molar-refractivity contribution is 5.86. The number of rotatable bonds is 3. The van der Waals surface area contributed by atoms with Gasteiger partial charge in [-0.25, -0.2) is 0 Å². The molecule has 0 spiro atoms. The Morgan fingerprint density at radius 1 is 1.35 bits per heavy atom. The van der Waals surface area contributed by atoms with Gasteiger partial charge in [-0.1, -0.05) is 30.3 Å². The molecule has 90 valence electrons. The van der Waals surface area contributed by atoms with E-state index in [2.05, 4.69) is 10.6 Å². The van der Waals surface area contributed by atoms with E-state index in [9.17, 15) is 9.59 Å². The third-order valence-corrected chi connectivity index (χ3v) is 2.93. The molecule has 0 aromatic heterocycles. The largest absolute Gasteiger partial charge is 0.356 e. The molecule has 1 heterocycles. The molecule has 2 N–H and O–H groups in total. The van der Waals surface area contributed by atoms with Crippen molar-refractivity contribution in [1.82, 2.24) is 10.6 Å². The van der Waals surface area contributed by atoms with Crippen LogP contribution in [0.3, 0.4) is 0 Å². The number of nitrogens with one attached hydrogen (secondary N) is 2. The van der Waals surface area contributed by atoms with Crippen LogP contribution >= 0.6 is 0 Å². The second-order valence-corrected chi connectivity index (χ2v) is 4.24. The van der Waals surface area contributed by atoms with E-state index in [0.29, 0.717) is 19.5 Å². The van der Waals surface area contributed by atoms with Gasteiger partial charge in [-0.2, -0.15) is 0 Å². The summed E-state index contributed by atoms with van der Waals surface area (Å²) in [6.45, 7) is 1.13. The average Bonchev–Trinajstić information content (AvgIpc) is 2.37. The minimum absolute atomic E-state index is 0.0243. The molecule has 0 aliphatic carbocycles. The standard InChI is InChI=1S/C13H16N2O2/c16-12-8-11(6-7-14-12)13(17)15-9-10-4-2-1-3-5-10/h1-5,11H,6-9H2,(H,14,16)(H,15,17). The fraction of sp³-hybridized carbons (Fsp3) is 0.385. The fourth-order valence-corrected chi connectivity index (χ4v) is 1.94. The Kier molecular flexibility index (Phi) is 3.75. The molecule has 2 rings (SSSR count). The summed E-state index contributed by atoms with van der Waals surface area (Å²) in [5.41, 5.74) is 1.07. The first kappa shape index (κ1) is 11.6. The number of amides is 2. The lowest BCUT2D eigenvalue weighted by atomic mass is 9.96. The summed E-state index contributed by atoms with van der Waals surface area (Å²) in [6, 6.07) is 9.75. The highest BCUT2D eigenvalue weighted by Gasteiger charge is 2.24. The molecule has 1 aromatic carbocycles. The molecule has 2 amide bonds. The third kappa shape index (κ3) is 3.31. The topological polar surface area (TPSA) is 58.2 Å². The monoisotopic (exact) mass is 232 g/mol. The molecule has 1 aliphatic heterocycles. The minimum atomic E-state index is -0.174. The smallest absolute Gasteiger partial charge is 0.223 e. The van der Waals surface area contributed by atoms with E-state index < -0.39 is 0 Å². The highest BCUT2D eigenvalue weighted by atomic mass is 16.2. The van der Waals surface area contributed by atoms with Gasteiger partial charge in [0.05, 0.1) is 0 Å². The van der Waals surface area contributed by atoms with Crippen molar-refractivity contribution in [3.05, 3.63) is 35.9 Å². The maximum atomic E-state index is 11.8. The van der Waals surface area contributed by atoms with Crippen LogP contribution in [0.15, 0.2) is 30.3 Å². The Labute approximate surface area is 100 Å². The molecule has 17 heavy (non-hydrogen) atoms. The fourth-order valence-electron chi connectivity index (χ4n) is 1.94. The van der Waals surface area contributed by atoms with E-state index in [-0.39, 0.29) is 17.7 Å². The van der Waals surface area contributed by atoms with Crippen LogP contribution in [0.25, 0.3) is 0 Å². The van der Waals surface area contributed by atoms with Gasteiger partial charge < -0.3 is 10.6 Å². The van der Waals surface area contributed by atoms with Crippen LogP contribution < -0.4 is 10.6 Å². The number of hydrogen-bond acceptors (Lipinski definition) is 2. The SMILES string of the molecule is O=C1CC(C(=O)NCc2ccccc2)CCN1. The van der Waals surface area contributed by atoms with Crippen LogP contribution in [-0.2, 0) is 16.1 Å². The molecule has 0 bridgehead atoms. The van der Waals surface area contributed by atoms with Crippen molar-refractivity contribution in [2.45, 2.75) is 19.4 Å². The molecule has 1 aromatic rings. The van der Waals surface area contributed by atoms with Gasteiger partial charge in [0.25, 0.3) is 0 Å². The molecular formula is C13H16N2O2. The number of benzene rings is 1. The highest BCUT2D eigenvalue weighted by Crippen LogP contribution is 2.12. The average molecular weight is 232 g/mol. The quantitative estimate of drug-likeness (QED) is 0.811. The number of piperidine rings is 1. The Balaban J connectivity index is 1.83. The first-order valence-corrected chi connectivity index (χ1v) is 5.84. The van der Waals surface area contributed by atoms with Crippen molar-refractivity contribution in [3.63, 3.8) is 0 Å². The summed E-state index contributed by atoms with van der Waals surface area (Å²) in [4.78, 5) is 23.0. The van der Waals surface area contributed by atoms with Crippen LogP contribution in [0, 0.1) is 5.92 Å². The second-order valence-electron chi connectivity index (χ2n) is 4.24. The van der Waals surface area contributed by atoms with Crippen molar-refractivity contribution in [2.75, 3.05) is 6.54 Å². The number of carbonyl (C=O) groups excluding carboxylic acids is 2. The van der Waals surface area contributed by atoms with E-state index >= 15 is 0 Å². The Morgan fingerprint density at radius 2 is 2.12 bits per heavy atom. The number of hydrogen-bond donors (Lipinski definition) is 2. The van der Waals surface area contributed by atoms with E-state index in [1.165, 1.54) is 0 Å². The van der Waals surface area contributed by atoms with Gasteiger partial charge in [-0.3, -0.25) is 9.59 Å². The maximum absolute atomic E-state index is 11.8. The second kappa shape index (κ2) is 5.48. The van der Waals surface area contributed by atoms with Gasteiger partial charge >= 0.3 is 0 Å². The van der Waals surface area contributed by atoms with Gasteiger partial charge in [0, 0.05) is 25.4 Å². The van der Waals surface area contributed by atoms with Gasteiger partial charge in [0.1, 0.15) is 0 Å². The van der Waals surface area contributed by atoms with Crippen molar-refractivity contribution in [2.24, 2.45) is 5.92 Å². The predicted octanol–water partition coefficient (Wildman–Crippen LogP) is 0.829. The van der Waals surface area contributed by atoms with Gasteiger partial charge in [0.15, 0.2) is 0 Å². The summed E-state index contributed by atoms with van der Waals surface area (Å²) in [5.74, 6) is -0.229. The molecule has 1 aliphatic rings. The zero-order chi connectivity index (χ0) is 12.1. The van der Waals surface area contributed by atoms with Crippen molar-refractivity contribution >= 4 is 11.8 Å². The Hall–Kier alpha value is -1.84. The van der Waals surface area contributed by atoms with Crippen LogP contribution in [0.1, 0.15) is 18.4 Å². The van der Waals surface area contributed by atoms with Crippen molar-refractivity contribution < 1.29 is 9.59 Å². The first-order chi connectivity index (χ1) is 8.25. The Morgan fingerprint density at radius 3 is 2.82 bits per heavy atom. The number of carbonyl (C=O) groups is 2. The van der Waals surface area contributed by atoms with E-state index in [1.54, 1.807) is 0 Å². The molecule has 1 fully saturated rings. The van der Waals surface area contributed by atoms with Crippen molar-refractivity contribution in [3.8, 4) is 0 Å². The molecule has 4 heteroatoms. The summed E-state index contributed by atoms with van der Waals surface area (Å²) < 4.78 is 0. The first-order valence-electron chi connectivity index (χ1n) is 5.84. The van der Waals surface area contributed by atoms with E-state index in [1.807, 2.05) is 30.3 Å². The molecule has 1 unspecified atom stereocenters. The lowest BCUT2D eigenvalue weighted by Gasteiger charge is -2.21. The summed E-state index contributed by atoms with van der Waals surface area (Å²) in [6.07, 6.45) is 1.03. The van der Waals surface area contributed by atoms with Gasteiger partial charge in [-0.05, 0) is 12.0 Å².